The van der Waals surface area contributed by atoms with Crippen LogP contribution >= 0.6 is 0 Å². The zero-order valence-corrected chi connectivity index (χ0v) is 30.9. The monoisotopic (exact) mass is 715 g/mol. The largest absolute Gasteiger partial charge is 0.480 e. The van der Waals surface area contributed by atoms with Crippen LogP contribution in [0.15, 0.2) is 11.8 Å². The number of sulfonamides is 2. The van der Waals surface area contributed by atoms with E-state index in [1.807, 2.05) is 20.0 Å². The molecule has 48 heavy (non-hydrogen) atoms. The molecule has 0 aromatic heterocycles. The van der Waals surface area contributed by atoms with Gasteiger partial charge in [0, 0.05) is 31.1 Å². The van der Waals surface area contributed by atoms with Crippen molar-refractivity contribution >= 4 is 31.9 Å². The normalized spacial score (nSPS) is 29.5. The first kappa shape index (κ1) is 39.1. The van der Waals surface area contributed by atoms with Crippen LogP contribution in [0.5, 0.6) is 0 Å². The first-order chi connectivity index (χ1) is 22.7. The van der Waals surface area contributed by atoms with E-state index in [-0.39, 0.29) is 31.5 Å². The summed E-state index contributed by atoms with van der Waals surface area (Å²) in [5.41, 5.74) is 7.08. The van der Waals surface area contributed by atoms with Crippen molar-refractivity contribution in [3.05, 3.63) is 11.8 Å². The van der Waals surface area contributed by atoms with Crippen LogP contribution in [-0.4, -0.2) is 85.9 Å². The number of carboxylic acids is 1. The number of carbonyl (C=O) groups is 2. The molecule has 0 bridgehead atoms. The molecule has 0 radical (unpaired) electrons. The van der Waals surface area contributed by atoms with E-state index in [0.717, 1.165) is 44.1 Å². The number of nitrogens with two attached hydrogens (primary N) is 1. The standard InChI is InChI=1S/C34H61N5O7S2/c1-23(2)22-39(48(45,46)28-17-13-26(35)14-18-28)32(34(41)42)10-6-7-19-36-33(40)31(20-25-21-37-30-9-5-4-8-29(25)30)38-47(43,44)27-15-11-24(3)12-16-27/h21,23-24,26-32,37-38H,4-20,22,35H2,1-3H3,(H,36,40)(H,41,42)/t24?,26?,27?,28?,29?,30?,31-,32-/m0/s1. The number of aliphatic carboxylic acids is 1. The number of nitrogens with zero attached hydrogens (tertiary/aromatic N) is 1. The van der Waals surface area contributed by atoms with Crippen LogP contribution in [0.25, 0.3) is 0 Å². The molecule has 4 atom stereocenters. The van der Waals surface area contributed by atoms with Crippen molar-refractivity contribution in [3.8, 4) is 0 Å². The Balaban J connectivity index is 1.37. The number of hydrogen-bond donors (Lipinski definition) is 5. The van der Waals surface area contributed by atoms with Gasteiger partial charge in [0.25, 0.3) is 0 Å². The molecular formula is C34H61N5O7S2. The maximum Gasteiger partial charge on any atom is 0.322 e. The molecule has 1 heterocycles. The van der Waals surface area contributed by atoms with E-state index in [9.17, 15) is 31.5 Å². The van der Waals surface area contributed by atoms with E-state index in [0.29, 0.717) is 75.7 Å². The molecule has 3 fully saturated rings. The summed E-state index contributed by atoms with van der Waals surface area (Å²) in [5.74, 6) is -0.826. The number of unbranched alkanes of at least 4 members (excludes halogenated alkanes) is 1. The van der Waals surface area contributed by atoms with E-state index in [1.54, 1.807) is 0 Å². The fourth-order valence-electron chi connectivity index (χ4n) is 8.10. The highest BCUT2D eigenvalue weighted by Crippen LogP contribution is 2.36. The highest BCUT2D eigenvalue weighted by atomic mass is 32.2. The number of rotatable bonds is 17. The Hall–Kier alpha value is -1.74. The lowest BCUT2D eigenvalue weighted by atomic mass is 9.80. The second kappa shape index (κ2) is 17.5. The van der Waals surface area contributed by atoms with Gasteiger partial charge < -0.3 is 21.5 Å². The third kappa shape index (κ3) is 10.4. The maximum atomic E-state index is 13.7. The molecule has 0 aromatic carbocycles. The number of carbonyl (C=O) groups excluding carboxylic acids is 1. The molecule has 3 saturated carbocycles. The minimum atomic E-state index is -3.85. The van der Waals surface area contributed by atoms with Gasteiger partial charge >= 0.3 is 5.97 Å². The van der Waals surface area contributed by atoms with Crippen LogP contribution in [0.4, 0.5) is 0 Å². The summed E-state index contributed by atoms with van der Waals surface area (Å²) in [7, 11) is -7.57. The van der Waals surface area contributed by atoms with Gasteiger partial charge in [-0.2, -0.15) is 4.31 Å². The molecule has 1 aliphatic heterocycles. The molecule has 12 nitrogen and oxygen atoms in total. The molecule has 2 unspecified atom stereocenters. The average Bonchev–Trinajstić information content (AvgIpc) is 3.44. The van der Waals surface area contributed by atoms with Crippen molar-refractivity contribution in [1.82, 2.24) is 19.7 Å². The second-order valence-corrected chi connectivity index (χ2v) is 19.5. The molecule has 3 aliphatic carbocycles. The smallest absolute Gasteiger partial charge is 0.322 e. The molecule has 1 amide bonds. The molecule has 4 rings (SSSR count). The number of fused-ring (bicyclic) bond motifs is 1. The zero-order chi connectivity index (χ0) is 35.1. The topological polar surface area (TPSA) is 188 Å². The SMILES string of the molecule is CC(C)CN([C@@H](CCCCNC(=O)[C@H](CC1=CNC2CCCCC12)NS(=O)(=O)C1CCC(C)CC1)C(=O)O)S(=O)(=O)C1CCC(N)CC1. The summed E-state index contributed by atoms with van der Waals surface area (Å²) >= 11 is 0. The number of amides is 1. The van der Waals surface area contributed by atoms with Crippen LogP contribution < -0.4 is 21.1 Å². The van der Waals surface area contributed by atoms with Crippen molar-refractivity contribution < 1.29 is 31.5 Å². The molecule has 0 spiro atoms. The van der Waals surface area contributed by atoms with Crippen LogP contribution in [0.3, 0.4) is 0 Å². The summed E-state index contributed by atoms with van der Waals surface area (Å²) in [4.78, 5) is 26.0. The number of hydrogen-bond acceptors (Lipinski definition) is 8. The summed E-state index contributed by atoms with van der Waals surface area (Å²) in [5, 5.41) is 15.4. The van der Waals surface area contributed by atoms with Gasteiger partial charge in [-0.15, -0.1) is 0 Å². The van der Waals surface area contributed by atoms with Gasteiger partial charge in [-0.3, -0.25) is 9.59 Å². The van der Waals surface area contributed by atoms with E-state index in [1.165, 1.54) is 4.31 Å². The Morgan fingerprint density at radius 3 is 2.25 bits per heavy atom. The van der Waals surface area contributed by atoms with Crippen molar-refractivity contribution in [1.29, 1.82) is 0 Å². The fraction of sp³-hybridized carbons (Fsp3) is 0.882. The molecule has 0 saturated heterocycles. The van der Waals surface area contributed by atoms with Crippen LogP contribution in [0, 0.1) is 17.8 Å². The second-order valence-electron chi connectivity index (χ2n) is 15.4. The predicted molar refractivity (Wildman–Crippen MR) is 188 cm³/mol. The maximum absolute atomic E-state index is 13.7. The zero-order valence-electron chi connectivity index (χ0n) is 29.2. The molecule has 6 N–H and O–H groups in total. The highest BCUT2D eigenvalue weighted by Gasteiger charge is 2.41. The molecule has 0 aromatic rings. The van der Waals surface area contributed by atoms with Gasteiger partial charge in [-0.05, 0) is 114 Å². The third-order valence-electron chi connectivity index (χ3n) is 11.0. The van der Waals surface area contributed by atoms with E-state index in [4.69, 9.17) is 5.73 Å². The number of carboxylic acid groups (broad SMARTS) is 1. The van der Waals surface area contributed by atoms with Gasteiger partial charge in [0.2, 0.25) is 26.0 Å². The van der Waals surface area contributed by atoms with Crippen molar-refractivity contribution in [2.75, 3.05) is 13.1 Å². The first-order valence-electron chi connectivity index (χ1n) is 18.4. The fourth-order valence-corrected chi connectivity index (χ4v) is 12.1. The Bertz CT molecular complexity index is 1320. The van der Waals surface area contributed by atoms with E-state index < -0.39 is 54.5 Å². The quantitative estimate of drug-likeness (QED) is 0.140. The summed E-state index contributed by atoms with van der Waals surface area (Å²) < 4.78 is 58.4. The Kier molecular flexibility index (Phi) is 14.2. The Labute approximate surface area is 288 Å². The minimum Gasteiger partial charge on any atom is -0.480 e. The van der Waals surface area contributed by atoms with Crippen LogP contribution in [-0.2, 0) is 29.6 Å². The Morgan fingerprint density at radius 2 is 1.60 bits per heavy atom. The minimum absolute atomic E-state index is 0.0257. The van der Waals surface area contributed by atoms with Crippen molar-refractivity contribution in [2.24, 2.45) is 23.5 Å². The molecular weight excluding hydrogens is 655 g/mol. The lowest BCUT2D eigenvalue weighted by Crippen LogP contribution is -2.51. The summed E-state index contributed by atoms with van der Waals surface area (Å²) in [6.07, 6.45) is 12.5. The van der Waals surface area contributed by atoms with Gasteiger partial charge in [-0.25, -0.2) is 21.6 Å². The van der Waals surface area contributed by atoms with Crippen molar-refractivity contribution in [2.45, 2.75) is 158 Å². The molecule has 4 aliphatic rings. The van der Waals surface area contributed by atoms with Crippen LogP contribution in [0.2, 0.25) is 0 Å². The van der Waals surface area contributed by atoms with Gasteiger partial charge in [0.05, 0.1) is 10.5 Å². The summed E-state index contributed by atoms with van der Waals surface area (Å²) in [6, 6.07) is -1.83. The van der Waals surface area contributed by atoms with Crippen LogP contribution in [0.1, 0.15) is 124 Å². The van der Waals surface area contributed by atoms with Gasteiger partial charge in [-0.1, -0.05) is 33.6 Å². The molecule has 14 heteroatoms. The van der Waals surface area contributed by atoms with E-state index >= 15 is 0 Å². The Morgan fingerprint density at radius 1 is 0.958 bits per heavy atom. The first-order valence-corrected chi connectivity index (χ1v) is 21.5. The van der Waals surface area contributed by atoms with Gasteiger partial charge in [0.1, 0.15) is 12.1 Å². The lowest BCUT2D eigenvalue weighted by Gasteiger charge is -2.35. The average molecular weight is 716 g/mol. The lowest BCUT2D eigenvalue weighted by molar-refractivity contribution is -0.142. The van der Waals surface area contributed by atoms with E-state index in [2.05, 4.69) is 22.3 Å². The third-order valence-corrected chi connectivity index (χ3v) is 15.4. The van der Waals surface area contributed by atoms with Crippen molar-refractivity contribution in [3.63, 3.8) is 0 Å². The number of nitrogens with one attached hydrogen (secondary N) is 3. The summed E-state index contributed by atoms with van der Waals surface area (Å²) in [6.45, 7) is 6.23. The van der Waals surface area contributed by atoms with Gasteiger partial charge in [0.15, 0.2) is 0 Å². The molecule has 276 valence electrons. The highest BCUT2D eigenvalue weighted by molar-refractivity contribution is 7.90. The predicted octanol–water partition coefficient (Wildman–Crippen LogP) is 3.59.